The third-order valence-electron chi connectivity index (χ3n) is 3.15. The van der Waals surface area contributed by atoms with Gasteiger partial charge in [-0.1, -0.05) is 53.2 Å². The molecule has 5 nitrogen and oxygen atoms in total. The minimum absolute atomic E-state index is 0.0517. The molecule has 0 atom stereocenters. The lowest BCUT2D eigenvalue weighted by molar-refractivity contribution is -0.113. The molecule has 1 aromatic heterocycles. The van der Waals surface area contributed by atoms with Crippen molar-refractivity contribution in [2.45, 2.75) is 5.16 Å². The number of rotatable bonds is 5. The number of para-hydroxylation sites is 1. The standard InChI is InChI=1S/C16H11Cl2FN4OS/c17-10-5-3-6-11(18)14(10)20-13(24)8-25-16-21-15(22-23-16)9-4-1-2-7-12(9)19/h1-7H,8H2,(H,20,24)(H,21,22,23). The molecule has 2 aromatic carbocycles. The van der Waals surface area contributed by atoms with Crippen molar-refractivity contribution >= 4 is 46.6 Å². The van der Waals surface area contributed by atoms with Crippen molar-refractivity contribution in [1.29, 1.82) is 0 Å². The number of nitrogens with zero attached hydrogens (tertiary/aromatic N) is 2. The number of hydrogen-bond acceptors (Lipinski definition) is 4. The van der Waals surface area contributed by atoms with Crippen molar-refractivity contribution in [3.8, 4) is 11.4 Å². The normalized spacial score (nSPS) is 10.7. The number of aromatic amines is 1. The Hall–Kier alpha value is -2.09. The van der Waals surface area contributed by atoms with Crippen molar-refractivity contribution in [3.63, 3.8) is 0 Å². The third-order valence-corrected chi connectivity index (χ3v) is 4.63. The van der Waals surface area contributed by atoms with Crippen LogP contribution in [-0.2, 0) is 4.79 Å². The predicted molar refractivity (Wildman–Crippen MR) is 97.6 cm³/mol. The number of H-pyrrole nitrogens is 1. The zero-order chi connectivity index (χ0) is 17.8. The van der Waals surface area contributed by atoms with Gasteiger partial charge in [0.15, 0.2) is 5.82 Å². The van der Waals surface area contributed by atoms with Crippen LogP contribution in [-0.4, -0.2) is 26.8 Å². The van der Waals surface area contributed by atoms with Gasteiger partial charge in [0.1, 0.15) is 5.82 Å². The van der Waals surface area contributed by atoms with Crippen LogP contribution in [0.5, 0.6) is 0 Å². The van der Waals surface area contributed by atoms with E-state index in [0.29, 0.717) is 32.3 Å². The van der Waals surface area contributed by atoms with Gasteiger partial charge >= 0.3 is 0 Å². The first-order valence-corrected chi connectivity index (χ1v) is 8.82. The minimum Gasteiger partial charge on any atom is -0.323 e. The molecule has 0 aliphatic rings. The molecule has 0 saturated carbocycles. The van der Waals surface area contributed by atoms with E-state index in [1.807, 2.05) is 0 Å². The Labute approximate surface area is 156 Å². The highest BCUT2D eigenvalue weighted by Gasteiger charge is 2.13. The molecule has 0 spiro atoms. The lowest BCUT2D eigenvalue weighted by Gasteiger charge is -2.08. The van der Waals surface area contributed by atoms with Crippen LogP contribution in [0.3, 0.4) is 0 Å². The summed E-state index contributed by atoms with van der Waals surface area (Å²) in [6.45, 7) is 0. The van der Waals surface area contributed by atoms with E-state index in [9.17, 15) is 9.18 Å². The van der Waals surface area contributed by atoms with E-state index in [1.54, 1.807) is 36.4 Å². The smallest absolute Gasteiger partial charge is 0.234 e. The average molecular weight is 397 g/mol. The quantitative estimate of drug-likeness (QED) is 0.615. The van der Waals surface area contributed by atoms with E-state index < -0.39 is 5.82 Å². The summed E-state index contributed by atoms with van der Waals surface area (Å²) in [6.07, 6.45) is 0. The topological polar surface area (TPSA) is 70.7 Å². The molecule has 0 unspecified atom stereocenters. The minimum atomic E-state index is -0.402. The van der Waals surface area contributed by atoms with Crippen molar-refractivity contribution in [2.75, 3.05) is 11.1 Å². The van der Waals surface area contributed by atoms with Gasteiger partial charge in [-0.05, 0) is 24.3 Å². The van der Waals surface area contributed by atoms with Crippen molar-refractivity contribution in [3.05, 3.63) is 58.3 Å². The van der Waals surface area contributed by atoms with E-state index in [1.165, 1.54) is 6.07 Å². The number of thioether (sulfide) groups is 1. The van der Waals surface area contributed by atoms with Crippen molar-refractivity contribution in [2.24, 2.45) is 0 Å². The molecule has 1 amide bonds. The van der Waals surface area contributed by atoms with Gasteiger partial charge in [0.05, 0.1) is 27.0 Å². The largest absolute Gasteiger partial charge is 0.323 e. The molecule has 0 radical (unpaired) electrons. The highest BCUT2D eigenvalue weighted by atomic mass is 35.5. The zero-order valence-corrected chi connectivity index (χ0v) is 14.9. The van der Waals surface area contributed by atoms with Crippen molar-refractivity contribution < 1.29 is 9.18 Å². The molecule has 0 bridgehead atoms. The summed E-state index contributed by atoms with van der Waals surface area (Å²) in [4.78, 5) is 16.2. The van der Waals surface area contributed by atoms with Gasteiger partial charge in [-0.2, -0.15) is 0 Å². The maximum Gasteiger partial charge on any atom is 0.234 e. The first-order chi connectivity index (χ1) is 12.0. The van der Waals surface area contributed by atoms with Gasteiger partial charge < -0.3 is 5.32 Å². The number of carbonyl (C=O) groups excluding carboxylic acids is 1. The van der Waals surface area contributed by atoms with Gasteiger partial charge in [-0.15, -0.1) is 5.10 Å². The number of aromatic nitrogens is 3. The molecule has 3 aromatic rings. The van der Waals surface area contributed by atoms with Crippen LogP contribution < -0.4 is 5.32 Å². The number of nitrogens with one attached hydrogen (secondary N) is 2. The van der Waals surface area contributed by atoms with Gasteiger partial charge in [-0.25, -0.2) is 9.37 Å². The summed E-state index contributed by atoms with van der Waals surface area (Å²) in [5.41, 5.74) is 0.674. The van der Waals surface area contributed by atoms with Gasteiger partial charge in [0.2, 0.25) is 11.1 Å². The Morgan fingerprint density at radius 3 is 2.60 bits per heavy atom. The fraction of sp³-hybridized carbons (Fsp3) is 0.0625. The van der Waals surface area contributed by atoms with Crippen LogP contribution in [0.1, 0.15) is 0 Å². The van der Waals surface area contributed by atoms with Gasteiger partial charge in [-0.3, -0.25) is 9.89 Å². The second kappa shape index (κ2) is 7.86. The van der Waals surface area contributed by atoms with E-state index in [-0.39, 0.29) is 11.7 Å². The second-order valence-electron chi connectivity index (χ2n) is 4.88. The monoisotopic (exact) mass is 396 g/mol. The molecule has 1 heterocycles. The Kier molecular flexibility index (Phi) is 5.57. The molecule has 0 aliphatic carbocycles. The third kappa shape index (κ3) is 4.31. The number of benzene rings is 2. The summed E-state index contributed by atoms with van der Waals surface area (Å²) >= 11 is 13.1. The Bertz CT molecular complexity index is 898. The molecule has 128 valence electrons. The molecule has 0 aliphatic heterocycles. The van der Waals surface area contributed by atoms with Crippen LogP contribution in [0, 0.1) is 5.82 Å². The SMILES string of the molecule is O=C(CSc1n[nH]c(-c2ccccc2F)n1)Nc1c(Cl)cccc1Cl. The van der Waals surface area contributed by atoms with Gasteiger partial charge in [0.25, 0.3) is 0 Å². The van der Waals surface area contributed by atoms with Crippen LogP contribution in [0.25, 0.3) is 11.4 Å². The number of halogens is 3. The summed E-state index contributed by atoms with van der Waals surface area (Å²) < 4.78 is 13.7. The van der Waals surface area contributed by atoms with E-state index in [4.69, 9.17) is 23.2 Å². The molecule has 0 saturated heterocycles. The van der Waals surface area contributed by atoms with E-state index in [2.05, 4.69) is 20.5 Å². The zero-order valence-electron chi connectivity index (χ0n) is 12.6. The second-order valence-corrected chi connectivity index (χ2v) is 6.64. The highest BCUT2D eigenvalue weighted by Crippen LogP contribution is 2.30. The average Bonchev–Trinajstić information content (AvgIpc) is 3.06. The number of carbonyl (C=O) groups is 1. The Morgan fingerprint density at radius 1 is 1.16 bits per heavy atom. The van der Waals surface area contributed by atoms with Crippen LogP contribution in [0.4, 0.5) is 10.1 Å². The molecular formula is C16H11Cl2FN4OS. The summed E-state index contributed by atoms with van der Waals surface area (Å²) in [5, 5.41) is 10.3. The summed E-state index contributed by atoms with van der Waals surface area (Å²) in [7, 11) is 0. The molecule has 2 N–H and O–H groups in total. The van der Waals surface area contributed by atoms with Gasteiger partial charge in [0, 0.05) is 0 Å². The number of amides is 1. The van der Waals surface area contributed by atoms with Crippen LogP contribution >= 0.6 is 35.0 Å². The van der Waals surface area contributed by atoms with Crippen LogP contribution in [0.2, 0.25) is 10.0 Å². The maximum absolute atomic E-state index is 13.7. The molecular weight excluding hydrogens is 386 g/mol. The van der Waals surface area contributed by atoms with Crippen molar-refractivity contribution in [1.82, 2.24) is 15.2 Å². The highest BCUT2D eigenvalue weighted by molar-refractivity contribution is 7.99. The lowest BCUT2D eigenvalue weighted by atomic mass is 10.2. The van der Waals surface area contributed by atoms with Crippen LogP contribution in [0.15, 0.2) is 47.6 Å². The molecule has 0 fully saturated rings. The van der Waals surface area contributed by atoms with E-state index >= 15 is 0 Å². The Balaban J connectivity index is 1.63. The first-order valence-electron chi connectivity index (χ1n) is 7.08. The Morgan fingerprint density at radius 2 is 1.88 bits per heavy atom. The lowest BCUT2D eigenvalue weighted by Crippen LogP contribution is -2.14. The summed E-state index contributed by atoms with van der Waals surface area (Å²) in [5.74, 6) is -0.357. The maximum atomic E-state index is 13.7. The fourth-order valence-electron chi connectivity index (χ4n) is 2.01. The number of hydrogen-bond donors (Lipinski definition) is 2. The fourth-order valence-corrected chi connectivity index (χ4v) is 3.10. The molecule has 3 rings (SSSR count). The summed E-state index contributed by atoms with van der Waals surface area (Å²) in [6, 6.07) is 11.2. The molecule has 9 heteroatoms. The van der Waals surface area contributed by atoms with E-state index in [0.717, 1.165) is 11.8 Å². The predicted octanol–water partition coefficient (Wildman–Crippen LogP) is 4.65. The number of anilines is 1. The molecule has 25 heavy (non-hydrogen) atoms. The first kappa shape index (κ1) is 17.7.